The molecule has 0 saturated carbocycles. The van der Waals surface area contributed by atoms with E-state index in [1.54, 1.807) is 13.3 Å². The maximum Gasteiger partial charge on any atom is 0.303 e. The summed E-state index contributed by atoms with van der Waals surface area (Å²) in [7, 11) is 1.61. The lowest BCUT2D eigenvalue weighted by Gasteiger charge is -2.11. The number of ether oxygens (including phenoxy) is 1. The van der Waals surface area contributed by atoms with E-state index in [9.17, 15) is 4.79 Å². The molecule has 0 aliphatic rings. The Balaban J connectivity index is 2.94. The highest BCUT2D eigenvalue weighted by molar-refractivity contribution is 5.67. The third-order valence-corrected chi connectivity index (χ3v) is 2.33. The van der Waals surface area contributed by atoms with Gasteiger partial charge in [0.05, 0.1) is 13.5 Å². The van der Waals surface area contributed by atoms with E-state index in [0.29, 0.717) is 6.42 Å². The van der Waals surface area contributed by atoms with Crippen molar-refractivity contribution in [3.05, 3.63) is 23.0 Å². The molecule has 1 aromatic heterocycles. The smallest absolute Gasteiger partial charge is 0.303 e. The zero-order valence-electron chi connectivity index (χ0n) is 9.20. The van der Waals surface area contributed by atoms with Crippen LogP contribution in [0.25, 0.3) is 0 Å². The average molecular weight is 209 g/mol. The number of carboxylic acids is 1. The van der Waals surface area contributed by atoms with Crippen molar-refractivity contribution in [2.24, 2.45) is 0 Å². The monoisotopic (exact) mass is 209 g/mol. The number of methoxy groups -OCH3 is 1. The van der Waals surface area contributed by atoms with Gasteiger partial charge in [-0.25, -0.2) is 0 Å². The highest BCUT2D eigenvalue weighted by Gasteiger charge is 2.10. The van der Waals surface area contributed by atoms with Gasteiger partial charge in [0.15, 0.2) is 0 Å². The van der Waals surface area contributed by atoms with Crippen molar-refractivity contribution in [1.82, 2.24) is 4.98 Å². The normalized spacial score (nSPS) is 10.1. The summed E-state index contributed by atoms with van der Waals surface area (Å²) in [6.45, 7) is 3.82. The maximum absolute atomic E-state index is 10.4. The second-order valence-electron chi connectivity index (χ2n) is 3.44. The van der Waals surface area contributed by atoms with Crippen molar-refractivity contribution >= 4 is 5.97 Å². The Hall–Kier alpha value is -1.58. The van der Waals surface area contributed by atoms with Crippen LogP contribution in [0.15, 0.2) is 6.20 Å². The van der Waals surface area contributed by atoms with Crippen molar-refractivity contribution in [3.8, 4) is 5.75 Å². The molecule has 0 atom stereocenters. The van der Waals surface area contributed by atoms with Crippen LogP contribution in [0.4, 0.5) is 0 Å². The van der Waals surface area contributed by atoms with Gasteiger partial charge in [-0.3, -0.25) is 9.78 Å². The summed E-state index contributed by atoms with van der Waals surface area (Å²) < 4.78 is 5.24. The molecule has 1 N–H and O–H groups in total. The van der Waals surface area contributed by atoms with E-state index >= 15 is 0 Å². The molecule has 0 unspecified atom stereocenters. The SMILES string of the molecule is COc1c(C)cnc(CCC(=O)O)c1C. The summed E-state index contributed by atoms with van der Waals surface area (Å²) >= 11 is 0. The quantitative estimate of drug-likeness (QED) is 0.820. The third-order valence-electron chi connectivity index (χ3n) is 2.33. The molecule has 4 heteroatoms. The number of nitrogens with zero attached hydrogens (tertiary/aromatic N) is 1. The van der Waals surface area contributed by atoms with Crippen LogP contribution in [-0.4, -0.2) is 23.2 Å². The fourth-order valence-electron chi connectivity index (χ4n) is 1.55. The van der Waals surface area contributed by atoms with E-state index in [-0.39, 0.29) is 6.42 Å². The molecule has 1 rings (SSSR count). The highest BCUT2D eigenvalue weighted by atomic mass is 16.5. The minimum Gasteiger partial charge on any atom is -0.496 e. The summed E-state index contributed by atoms with van der Waals surface area (Å²) in [5.41, 5.74) is 2.69. The number of carbonyl (C=O) groups is 1. The first-order valence-electron chi connectivity index (χ1n) is 4.77. The van der Waals surface area contributed by atoms with Gasteiger partial charge in [-0.15, -0.1) is 0 Å². The molecule has 1 heterocycles. The summed E-state index contributed by atoms with van der Waals surface area (Å²) in [6, 6.07) is 0. The van der Waals surface area contributed by atoms with Gasteiger partial charge in [-0.2, -0.15) is 0 Å². The summed E-state index contributed by atoms with van der Waals surface area (Å²) in [4.78, 5) is 14.7. The minimum absolute atomic E-state index is 0.0973. The average Bonchev–Trinajstić information content (AvgIpc) is 2.17. The molecule has 0 amide bonds. The molecule has 82 valence electrons. The van der Waals surface area contributed by atoms with Crippen LogP contribution >= 0.6 is 0 Å². The molecule has 0 spiro atoms. The maximum atomic E-state index is 10.4. The Kier molecular flexibility index (Phi) is 3.66. The number of hydrogen-bond donors (Lipinski definition) is 1. The van der Waals surface area contributed by atoms with E-state index in [1.807, 2.05) is 13.8 Å². The molecule has 0 aliphatic heterocycles. The van der Waals surface area contributed by atoms with Gasteiger partial charge in [0.2, 0.25) is 0 Å². The van der Waals surface area contributed by atoms with E-state index in [0.717, 1.165) is 22.6 Å². The molecular weight excluding hydrogens is 194 g/mol. The number of aromatic nitrogens is 1. The first kappa shape index (κ1) is 11.5. The Bertz CT molecular complexity index is 374. The van der Waals surface area contributed by atoms with Crippen molar-refractivity contribution in [3.63, 3.8) is 0 Å². The van der Waals surface area contributed by atoms with Gasteiger partial charge in [0.1, 0.15) is 5.75 Å². The van der Waals surface area contributed by atoms with Crippen LogP contribution in [0.2, 0.25) is 0 Å². The van der Waals surface area contributed by atoms with E-state index < -0.39 is 5.97 Å². The van der Waals surface area contributed by atoms with Crippen LogP contribution in [-0.2, 0) is 11.2 Å². The Morgan fingerprint density at radius 3 is 2.73 bits per heavy atom. The number of carboxylic acid groups (broad SMARTS) is 1. The third kappa shape index (κ3) is 2.68. The van der Waals surface area contributed by atoms with Crippen LogP contribution in [0.3, 0.4) is 0 Å². The highest BCUT2D eigenvalue weighted by Crippen LogP contribution is 2.24. The summed E-state index contributed by atoms with van der Waals surface area (Å²) in [6.07, 6.45) is 2.25. The van der Waals surface area contributed by atoms with E-state index in [1.165, 1.54) is 0 Å². The zero-order chi connectivity index (χ0) is 11.4. The number of aliphatic carboxylic acids is 1. The molecule has 0 saturated heterocycles. The number of aryl methyl sites for hydroxylation is 2. The van der Waals surface area contributed by atoms with Gasteiger partial charge in [0.25, 0.3) is 0 Å². The molecule has 0 fully saturated rings. The predicted molar refractivity (Wildman–Crippen MR) is 56.2 cm³/mol. The Morgan fingerprint density at radius 1 is 1.53 bits per heavy atom. The lowest BCUT2D eigenvalue weighted by atomic mass is 10.1. The van der Waals surface area contributed by atoms with E-state index in [2.05, 4.69) is 4.98 Å². The summed E-state index contributed by atoms with van der Waals surface area (Å²) in [5, 5.41) is 8.59. The Labute approximate surface area is 88.9 Å². The summed E-state index contributed by atoms with van der Waals surface area (Å²) in [5.74, 6) is -0.0128. The minimum atomic E-state index is -0.809. The number of pyridine rings is 1. The lowest BCUT2D eigenvalue weighted by molar-refractivity contribution is -0.136. The fourth-order valence-corrected chi connectivity index (χ4v) is 1.55. The molecule has 1 aromatic rings. The number of hydrogen-bond acceptors (Lipinski definition) is 3. The molecule has 0 aliphatic carbocycles. The van der Waals surface area contributed by atoms with Crippen molar-refractivity contribution in [1.29, 1.82) is 0 Å². The van der Waals surface area contributed by atoms with Gasteiger partial charge >= 0.3 is 5.97 Å². The van der Waals surface area contributed by atoms with Crippen LogP contribution < -0.4 is 4.74 Å². The van der Waals surface area contributed by atoms with Gasteiger partial charge < -0.3 is 9.84 Å². The number of rotatable bonds is 4. The van der Waals surface area contributed by atoms with Crippen LogP contribution in [0.1, 0.15) is 23.2 Å². The van der Waals surface area contributed by atoms with Crippen LogP contribution in [0, 0.1) is 13.8 Å². The van der Waals surface area contributed by atoms with Gasteiger partial charge in [-0.1, -0.05) is 0 Å². The predicted octanol–water partition coefficient (Wildman–Crippen LogP) is 1.72. The van der Waals surface area contributed by atoms with Gasteiger partial charge in [0, 0.05) is 29.4 Å². The zero-order valence-corrected chi connectivity index (χ0v) is 9.20. The molecular formula is C11H15NO3. The largest absolute Gasteiger partial charge is 0.496 e. The second-order valence-corrected chi connectivity index (χ2v) is 3.44. The standard InChI is InChI=1S/C11H15NO3/c1-7-6-12-9(4-5-10(13)14)8(2)11(7)15-3/h6H,4-5H2,1-3H3,(H,13,14). The lowest BCUT2D eigenvalue weighted by Crippen LogP contribution is -2.03. The molecule has 0 radical (unpaired) electrons. The van der Waals surface area contributed by atoms with Crippen molar-refractivity contribution in [2.75, 3.05) is 7.11 Å². The first-order valence-corrected chi connectivity index (χ1v) is 4.77. The first-order chi connectivity index (χ1) is 7.06. The molecule has 0 bridgehead atoms. The Morgan fingerprint density at radius 2 is 2.20 bits per heavy atom. The molecule has 0 aromatic carbocycles. The topological polar surface area (TPSA) is 59.4 Å². The molecule has 4 nitrogen and oxygen atoms in total. The second kappa shape index (κ2) is 4.77. The molecule has 15 heavy (non-hydrogen) atoms. The fraction of sp³-hybridized carbons (Fsp3) is 0.455. The van der Waals surface area contributed by atoms with Crippen LogP contribution in [0.5, 0.6) is 5.75 Å². The van der Waals surface area contributed by atoms with E-state index in [4.69, 9.17) is 9.84 Å². The van der Waals surface area contributed by atoms with Crippen molar-refractivity contribution in [2.45, 2.75) is 26.7 Å². The van der Waals surface area contributed by atoms with Gasteiger partial charge in [-0.05, 0) is 13.8 Å². The van der Waals surface area contributed by atoms with Crippen molar-refractivity contribution < 1.29 is 14.6 Å².